The molecule has 10 rings (SSSR count). The van der Waals surface area contributed by atoms with Gasteiger partial charge in [0, 0.05) is 160 Å². The average Bonchev–Trinajstić information content (AvgIpc) is 1.43. The van der Waals surface area contributed by atoms with Gasteiger partial charge in [0.1, 0.15) is 63.1 Å². The molecule has 0 amide bonds. The third-order valence-corrected chi connectivity index (χ3v) is 29.0. The Morgan fingerprint density at radius 3 is 1.16 bits per heavy atom. The lowest BCUT2D eigenvalue weighted by Crippen LogP contribution is -2.47. The monoisotopic (exact) mass is 1850 g/mol. The van der Waals surface area contributed by atoms with Gasteiger partial charge in [-0.05, 0) is 137 Å². The number of carbonyl (C=O) groups excluding carboxylic acids is 2. The second-order valence-corrected chi connectivity index (χ2v) is 59.7. The van der Waals surface area contributed by atoms with Crippen LogP contribution < -0.4 is 9.80 Å². The van der Waals surface area contributed by atoms with Gasteiger partial charge in [0.2, 0.25) is 0 Å². The summed E-state index contributed by atoms with van der Waals surface area (Å²) in [6.45, 7) is 49.0. The highest BCUT2D eigenvalue weighted by atomic mass is 79.9. The zero-order valence-corrected chi connectivity index (χ0v) is 83.5. The third-order valence-electron chi connectivity index (χ3n) is 21.4. The summed E-state index contributed by atoms with van der Waals surface area (Å²) in [4.78, 5) is 51.9. The van der Waals surface area contributed by atoms with Crippen molar-refractivity contribution in [3.63, 3.8) is 0 Å². The molecule has 2 aliphatic carbocycles. The molecule has 2 aliphatic rings. The first-order valence-electron chi connectivity index (χ1n) is 43.4. The SMILES string of the molecule is C=C(C)OCC.C=C(OCC)c1c(C2CCC(OCCOC)(C(=O)OCCOC)CC2)nc2c(-c3ccc(-c4ccn(C)n4)nc3)cnn2c1N(COCC[Si](C)(C)C)COCC[Si](C)(C)C.COCCOC(=O)C1(OCCOC)CCC(c2nc3c(-c4ccc(-c5ccn(C)n5)nc4)cnn3c(N(COCC[Si](C)(C)C)COCC[Si](C)(C)C)c2Br)CC1. The quantitative estimate of drug-likeness (QED) is 0.0112. The van der Waals surface area contributed by atoms with Crippen LogP contribution in [-0.2, 0) is 90.0 Å². The smallest absolute Gasteiger partial charge is 0.338 e. The molecule has 35 heteroatoms. The fraction of sp³-hybridized carbons (Fsp3) is 0.618. The van der Waals surface area contributed by atoms with Crippen LogP contribution in [0.25, 0.3) is 62.1 Å². The molecular weight excluding hydrogens is 1710 g/mol. The van der Waals surface area contributed by atoms with Gasteiger partial charge in [-0.15, -0.1) is 0 Å². The Labute approximate surface area is 747 Å². The second kappa shape index (κ2) is 48.6. The van der Waals surface area contributed by atoms with Crippen LogP contribution in [0.15, 0.2) is 97.0 Å². The van der Waals surface area contributed by atoms with E-state index in [1.165, 1.54) is 0 Å². The molecule has 8 aromatic heterocycles. The van der Waals surface area contributed by atoms with Crippen molar-refractivity contribution in [2.24, 2.45) is 14.1 Å². The van der Waals surface area contributed by atoms with Gasteiger partial charge in [0.05, 0.1) is 104 Å². The van der Waals surface area contributed by atoms with Crippen LogP contribution in [0.5, 0.6) is 0 Å². The Kier molecular flexibility index (Phi) is 40.0. The van der Waals surface area contributed by atoms with Crippen molar-refractivity contribution >= 4 is 88.9 Å². The lowest BCUT2D eigenvalue weighted by Gasteiger charge is -2.38. The number of nitrogens with zero attached hydrogens (tertiary/aromatic N) is 14. The molecule has 2 saturated carbocycles. The van der Waals surface area contributed by atoms with E-state index < -0.39 is 43.5 Å². The molecule has 0 saturated heterocycles. The van der Waals surface area contributed by atoms with Gasteiger partial charge in [-0.2, -0.15) is 29.4 Å². The van der Waals surface area contributed by atoms with Crippen molar-refractivity contribution < 1.29 is 75.9 Å². The van der Waals surface area contributed by atoms with Crippen LogP contribution in [0.2, 0.25) is 103 Å². The Bertz CT molecular complexity index is 4580. The van der Waals surface area contributed by atoms with Crippen molar-refractivity contribution in [1.82, 2.24) is 58.7 Å². The maximum absolute atomic E-state index is 13.7. The molecule has 0 aromatic carbocycles. The van der Waals surface area contributed by atoms with Crippen LogP contribution in [0.3, 0.4) is 0 Å². The van der Waals surface area contributed by atoms with E-state index >= 15 is 0 Å². The molecule has 0 atom stereocenters. The van der Waals surface area contributed by atoms with Crippen LogP contribution in [0, 0.1) is 0 Å². The van der Waals surface area contributed by atoms with E-state index in [1.807, 2.05) is 117 Å². The summed E-state index contributed by atoms with van der Waals surface area (Å²) in [6.07, 6.45) is 15.4. The number of rotatable bonds is 49. The fourth-order valence-corrected chi connectivity index (χ4v) is 18.0. The Morgan fingerprint density at radius 1 is 0.468 bits per heavy atom. The predicted octanol–water partition coefficient (Wildman–Crippen LogP) is 17.1. The first-order chi connectivity index (χ1) is 59.0. The highest BCUT2D eigenvalue weighted by Crippen LogP contribution is 2.48. The third kappa shape index (κ3) is 30.4. The molecule has 30 nitrogen and oxygen atoms in total. The summed E-state index contributed by atoms with van der Waals surface area (Å²) >= 11 is 4.04. The predicted molar refractivity (Wildman–Crippen MR) is 502 cm³/mol. The van der Waals surface area contributed by atoms with Gasteiger partial charge in [-0.1, -0.05) is 104 Å². The number of halogens is 1. The van der Waals surface area contributed by atoms with Gasteiger partial charge in [-0.25, -0.2) is 19.6 Å². The number of carbonyl (C=O) groups is 2. The van der Waals surface area contributed by atoms with E-state index in [2.05, 4.69) is 128 Å². The summed E-state index contributed by atoms with van der Waals surface area (Å²) in [5, 5.41) is 19.0. The molecule has 0 bridgehead atoms. The zero-order chi connectivity index (χ0) is 90.4. The molecule has 124 heavy (non-hydrogen) atoms. The molecule has 0 radical (unpaired) electrons. The minimum atomic E-state index is -1.37. The molecule has 0 aliphatic heterocycles. The molecular formula is C89H141BrN14O16Si4. The van der Waals surface area contributed by atoms with Crippen LogP contribution in [0.4, 0.5) is 11.6 Å². The standard InChI is InChI=1S/C44H69N7O8Si2.C40H62BrN7O7Si2.C5H10O/c1-12-57-33(2)39-40(34-15-18-44(19-16-34,59-24-22-54-5)43(52)58-23-21-53-4)47-41-36(35-13-14-37(45-29-35)38-17-20-49(3)48-38)30-46-51(41)42(39)50(31-55-25-27-60(6,7)8)32-56-26-28-61(9,10)11;1-46-17-14-34(45-46)33-11-10-31(26-42-33)32-27-43-48-37(32)44-36(30-12-15-40(16-13-30,55-21-19-51-3)39(49)54-20-18-50-2)35(41)38(48)47(28-52-22-24-56(4,5)6)29-53-23-25-57(7,8)9;1-4-6-5(2)3/h13-14,17,20,29-30,34H,2,12,15-16,18-19,21-28,31-32H2,1,3-11H3;10-11,14,17,26-27,30H,12-13,15-16,18-25,28-29H2,1-9H3;2,4H2,1,3H3. The first kappa shape index (κ1) is 102. The second-order valence-electron chi connectivity index (χ2n) is 36.5. The Balaban J connectivity index is 0.000000289. The highest BCUT2D eigenvalue weighted by molar-refractivity contribution is 9.10. The number of methoxy groups -OCH3 is 4. The molecule has 686 valence electrons. The average molecular weight is 1860 g/mol. The summed E-state index contributed by atoms with van der Waals surface area (Å²) in [5.74, 6) is 1.93. The van der Waals surface area contributed by atoms with Gasteiger partial charge in [0.15, 0.2) is 28.3 Å². The van der Waals surface area contributed by atoms with Gasteiger partial charge >= 0.3 is 11.9 Å². The van der Waals surface area contributed by atoms with E-state index in [0.717, 1.165) is 115 Å². The molecule has 0 unspecified atom stereocenters. The van der Waals surface area contributed by atoms with Crippen molar-refractivity contribution in [3.05, 3.63) is 114 Å². The number of hydrogen-bond donors (Lipinski definition) is 0. The number of fused-ring (bicyclic) bond motifs is 2. The summed E-state index contributed by atoms with van der Waals surface area (Å²) in [7, 11) is 4.79. The molecule has 2 fully saturated rings. The number of hydrogen-bond acceptors (Lipinski definition) is 26. The van der Waals surface area contributed by atoms with Crippen LogP contribution in [-0.4, -0.2) is 262 Å². The van der Waals surface area contributed by atoms with Crippen LogP contribution in [0.1, 0.15) is 101 Å². The first-order valence-corrected chi connectivity index (χ1v) is 59.0. The topological polar surface area (TPSA) is 292 Å². The number of ether oxygens (including phenoxy) is 14. The molecule has 0 N–H and O–H groups in total. The maximum atomic E-state index is 13.7. The highest BCUT2D eigenvalue weighted by Gasteiger charge is 2.48. The fourth-order valence-electron chi connectivity index (χ4n) is 14.2. The number of anilines is 2. The van der Waals surface area contributed by atoms with E-state index in [0.29, 0.717) is 141 Å². The largest absolute Gasteiger partial charge is 0.499 e. The molecule has 8 heterocycles. The van der Waals surface area contributed by atoms with Crippen LogP contribution >= 0.6 is 15.9 Å². The van der Waals surface area contributed by atoms with Gasteiger partial charge in [0.25, 0.3) is 0 Å². The van der Waals surface area contributed by atoms with Gasteiger partial charge < -0.3 is 76.1 Å². The van der Waals surface area contributed by atoms with Crippen molar-refractivity contribution in [2.45, 2.75) is 198 Å². The molecule has 0 spiro atoms. The minimum Gasteiger partial charge on any atom is -0.499 e. The minimum absolute atomic E-state index is 0.00363. The zero-order valence-electron chi connectivity index (χ0n) is 77.9. The van der Waals surface area contributed by atoms with E-state index in [-0.39, 0.29) is 63.7 Å². The van der Waals surface area contributed by atoms with E-state index in [4.69, 9.17) is 96.4 Å². The van der Waals surface area contributed by atoms with E-state index in [9.17, 15) is 9.59 Å². The summed E-state index contributed by atoms with van der Waals surface area (Å²) in [5.41, 5.74) is 8.07. The Hall–Kier alpha value is -7.47. The number of pyridine rings is 2. The number of aromatic nitrogens is 12. The van der Waals surface area contributed by atoms with E-state index in [1.54, 1.807) is 37.8 Å². The summed E-state index contributed by atoms with van der Waals surface area (Å²) in [6, 6.07) is 16.0. The molecule has 8 aromatic rings. The maximum Gasteiger partial charge on any atom is 0.338 e. The van der Waals surface area contributed by atoms with Gasteiger partial charge in [-0.3, -0.25) is 19.3 Å². The Morgan fingerprint density at radius 2 is 0.831 bits per heavy atom. The number of allylic oxidation sites excluding steroid dienone is 1. The van der Waals surface area contributed by atoms with Crippen molar-refractivity contribution in [3.8, 4) is 45.0 Å². The lowest BCUT2D eigenvalue weighted by atomic mass is 9.76. The lowest BCUT2D eigenvalue weighted by molar-refractivity contribution is -0.181. The van der Waals surface area contributed by atoms with Crippen molar-refractivity contribution in [1.29, 1.82) is 0 Å². The summed E-state index contributed by atoms with van der Waals surface area (Å²) < 4.78 is 89.8. The normalized spacial score (nSPS) is 17.0. The van der Waals surface area contributed by atoms with Crippen molar-refractivity contribution in [2.75, 3.05) is 158 Å². The number of aryl methyl sites for hydroxylation is 2. The number of esters is 2.